The van der Waals surface area contributed by atoms with Crippen LogP contribution in [0.1, 0.15) is 30.7 Å². The summed E-state index contributed by atoms with van der Waals surface area (Å²) in [6.45, 7) is 5.50. The summed E-state index contributed by atoms with van der Waals surface area (Å²) in [5, 5.41) is 10.7. The summed E-state index contributed by atoms with van der Waals surface area (Å²) in [6, 6.07) is 2.69. The minimum Gasteiger partial charge on any atom is -0.395 e. The second-order valence-electron chi connectivity index (χ2n) is 4.09. The monoisotopic (exact) mass is 237 g/mol. The molecule has 2 nitrogen and oxygen atoms in total. The Morgan fingerprint density at radius 3 is 2.88 bits per heavy atom. The molecule has 0 aromatic carbocycles. The van der Waals surface area contributed by atoms with Gasteiger partial charge in [-0.15, -0.1) is 11.3 Å². The van der Waals surface area contributed by atoms with Crippen LogP contribution in [0.25, 0.3) is 0 Å². The first-order valence-corrected chi connectivity index (χ1v) is 6.39. The topological polar surface area (TPSA) is 23.5 Å². The number of aliphatic hydroxyl groups is 1. The Labute approximate surface area is 102 Å². The quantitative estimate of drug-likeness (QED) is 0.812. The van der Waals surface area contributed by atoms with E-state index in [1.165, 1.54) is 4.88 Å². The van der Waals surface area contributed by atoms with Gasteiger partial charge >= 0.3 is 0 Å². The molecular formula is C13H19NOS. The molecule has 0 amide bonds. The lowest BCUT2D eigenvalue weighted by Gasteiger charge is -2.19. The van der Waals surface area contributed by atoms with Crippen LogP contribution in [-0.4, -0.2) is 29.7 Å². The molecule has 0 radical (unpaired) electrons. The molecule has 0 saturated heterocycles. The van der Waals surface area contributed by atoms with Gasteiger partial charge in [0.1, 0.15) is 0 Å². The number of nitrogens with zero attached hydrogens (tertiary/aromatic N) is 1. The van der Waals surface area contributed by atoms with E-state index in [9.17, 15) is 0 Å². The van der Waals surface area contributed by atoms with Gasteiger partial charge in [-0.1, -0.05) is 11.8 Å². The van der Waals surface area contributed by atoms with Gasteiger partial charge in [-0.05, 0) is 27.0 Å². The van der Waals surface area contributed by atoms with Crippen LogP contribution in [0.4, 0.5) is 0 Å². The van der Waals surface area contributed by atoms with Gasteiger partial charge in [-0.2, -0.15) is 0 Å². The molecule has 0 fully saturated rings. The lowest BCUT2D eigenvalue weighted by atomic mass is 10.2. The summed E-state index contributed by atoms with van der Waals surface area (Å²) >= 11 is 1.75. The van der Waals surface area contributed by atoms with E-state index in [1.54, 1.807) is 11.3 Å². The van der Waals surface area contributed by atoms with E-state index in [0.29, 0.717) is 12.5 Å². The first kappa shape index (κ1) is 13.2. The van der Waals surface area contributed by atoms with E-state index in [4.69, 9.17) is 5.11 Å². The Hall–Kier alpha value is -0.820. The third kappa shape index (κ3) is 4.36. The maximum atomic E-state index is 8.62. The van der Waals surface area contributed by atoms with Crippen molar-refractivity contribution in [1.82, 2.24) is 4.90 Å². The summed E-state index contributed by atoms with van der Waals surface area (Å²) in [7, 11) is 2.13. The van der Waals surface area contributed by atoms with Crippen molar-refractivity contribution in [3.63, 3.8) is 0 Å². The number of hydrogen-bond acceptors (Lipinski definition) is 3. The molecule has 3 heteroatoms. The van der Waals surface area contributed by atoms with Crippen LogP contribution >= 0.6 is 11.3 Å². The van der Waals surface area contributed by atoms with E-state index < -0.39 is 0 Å². The second-order valence-corrected chi connectivity index (χ2v) is 5.08. The van der Waals surface area contributed by atoms with Crippen LogP contribution in [-0.2, 0) is 6.54 Å². The molecule has 88 valence electrons. The molecule has 1 heterocycles. The fraction of sp³-hybridized carbons (Fsp3) is 0.538. The first-order valence-electron chi connectivity index (χ1n) is 5.51. The normalized spacial score (nSPS) is 10.6. The van der Waals surface area contributed by atoms with Gasteiger partial charge in [0.2, 0.25) is 0 Å². The highest BCUT2D eigenvalue weighted by Gasteiger charge is 2.05. The van der Waals surface area contributed by atoms with E-state index >= 15 is 0 Å². The van der Waals surface area contributed by atoms with E-state index in [0.717, 1.165) is 12.1 Å². The second kappa shape index (κ2) is 6.70. The largest absolute Gasteiger partial charge is 0.395 e. The van der Waals surface area contributed by atoms with E-state index in [2.05, 4.69) is 49.1 Å². The van der Waals surface area contributed by atoms with Gasteiger partial charge in [0, 0.05) is 34.8 Å². The number of thiophene rings is 1. The number of hydrogen-bond donors (Lipinski definition) is 1. The van der Waals surface area contributed by atoms with Crippen molar-refractivity contribution in [2.45, 2.75) is 32.9 Å². The molecule has 0 spiro atoms. The van der Waals surface area contributed by atoms with Crippen LogP contribution in [0.5, 0.6) is 0 Å². The van der Waals surface area contributed by atoms with Gasteiger partial charge in [0.15, 0.2) is 0 Å². The number of rotatable bonds is 4. The van der Waals surface area contributed by atoms with Crippen LogP contribution in [0.2, 0.25) is 0 Å². The van der Waals surface area contributed by atoms with Gasteiger partial charge < -0.3 is 5.11 Å². The minimum absolute atomic E-state index is 0.139. The fourth-order valence-electron chi connectivity index (χ4n) is 1.18. The Balaban J connectivity index is 2.55. The summed E-state index contributed by atoms with van der Waals surface area (Å²) in [5.41, 5.74) is 1.06. The average Bonchev–Trinajstić information content (AvgIpc) is 2.66. The van der Waals surface area contributed by atoms with Crippen molar-refractivity contribution >= 4 is 11.3 Å². The minimum atomic E-state index is 0.139. The molecule has 0 atom stereocenters. The summed E-state index contributed by atoms with van der Waals surface area (Å²) in [6.07, 6.45) is 0.553. The van der Waals surface area contributed by atoms with Crippen LogP contribution in [0.3, 0.4) is 0 Å². The van der Waals surface area contributed by atoms with Crippen molar-refractivity contribution in [2.24, 2.45) is 0 Å². The lowest BCUT2D eigenvalue weighted by Crippen LogP contribution is -2.25. The van der Waals surface area contributed by atoms with Crippen LogP contribution in [0, 0.1) is 11.8 Å². The van der Waals surface area contributed by atoms with Gasteiger partial charge in [-0.25, -0.2) is 0 Å². The van der Waals surface area contributed by atoms with Crippen molar-refractivity contribution in [2.75, 3.05) is 13.7 Å². The molecule has 1 N–H and O–H groups in total. The first-order chi connectivity index (χ1) is 7.63. The Bertz CT molecular complexity index is 373. The zero-order valence-corrected chi connectivity index (χ0v) is 11.0. The maximum absolute atomic E-state index is 8.62. The fourth-order valence-corrected chi connectivity index (χ4v) is 2.06. The van der Waals surface area contributed by atoms with Crippen LogP contribution < -0.4 is 0 Å². The predicted octanol–water partition coefficient (Wildman–Crippen LogP) is 2.32. The smallest absolute Gasteiger partial charge is 0.0540 e. The van der Waals surface area contributed by atoms with Gasteiger partial charge in [-0.3, -0.25) is 4.90 Å². The van der Waals surface area contributed by atoms with Crippen molar-refractivity contribution in [3.8, 4) is 11.8 Å². The van der Waals surface area contributed by atoms with Crippen molar-refractivity contribution < 1.29 is 5.11 Å². The molecule has 1 rings (SSSR count). The van der Waals surface area contributed by atoms with Crippen molar-refractivity contribution in [3.05, 3.63) is 21.9 Å². The Kier molecular flexibility index (Phi) is 5.54. The third-order valence-electron chi connectivity index (χ3n) is 2.41. The maximum Gasteiger partial charge on any atom is 0.0540 e. The molecule has 0 aliphatic rings. The molecule has 16 heavy (non-hydrogen) atoms. The highest BCUT2D eigenvalue weighted by atomic mass is 32.1. The highest BCUT2D eigenvalue weighted by Crippen LogP contribution is 2.16. The summed E-state index contributed by atoms with van der Waals surface area (Å²) in [5.74, 6) is 5.98. The summed E-state index contributed by atoms with van der Waals surface area (Å²) < 4.78 is 0. The summed E-state index contributed by atoms with van der Waals surface area (Å²) in [4.78, 5) is 3.64. The Morgan fingerprint density at radius 2 is 2.25 bits per heavy atom. The average molecular weight is 237 g/mol. The van der Waals surface area contributed by atoms with Gasteiger partial charge in [0.05, 0.1) is 6.61 Å². The molecule has 1 aromatic heterocycles. The standard InChI is InChI=1S/C13H19NOS/c1-11(2)14(3)9-13-8-12(10-16-13)6-4-5-7-15/h8,10-11,15H,5,7,9H2,1-3H3. The Morgan fingerprint density at radius 1 is 1.50 bits per heavy atom. The van der Waals surface area contributed by atoms with E-state index in [1.807, 2.05) is 0 Å². The number of aliphatic hydroxyl groups excluding tert-OH is 1. The highest BCUT2D eigenvalue weighted by molar-refractivity contribution is 7.10. The molecule has 1 aromatic rings. The lowest BCUT2D eigenvalue weighted by molar-refractivity contribution is 0.268. The van der Waals surface area contributed by atoms with Crippen LogP contribution in [0.15, 0.2) is 11.4 Å². The van der Waals surface area contributed by atoms with Gasteiger partial charge in [0.25, 0.3) is 0 Å². The molecule has 0 aliphatic carbocycles. The molecule has 0 aliphatic heterocycles. The molecule has 0 unspecified atom stereocenters. The van der Waals surface area contributed by atoms with E-state index in [-0.39, 0.29) is 6.61 Å². The molecule has 0 bridgehead atoms. The zero-order chi connectivity index (χ0) is 12.0. The predicted molar refractivity (Wildman–Crippen MR) is 69.5 cm³/mol. The third-order valence-corrected chi connectivity index (χ3v) is 3.33. The molecule has 0 saturated carbocycles. The molecular weight excluding hydrogens is 218 g/mol. The van der Waals surface area contributed by atoms with Crippen molar-refractivity contribution in [1.29, 1.82) is 0 Å². The SMILES string of the molecule is CC(C)N(C)Cc1cc(C#CCCO)cs1. The zero-order valence-electron chi connectivity index (χ0n) is 10.2.